The number of nitrogens with one attached hydrogen (secondary N) is 2. The quantitative estimate of drug-likeness (QED) is 0.431. The molecule has 0 unspecified atom stereocenters. The Kier molecular flexibility index (Phi) is 6.14. The van der Waals surface area contributed by atoms with Gasteiger partial charge >= 0.3 is 6.09 Å². The lowest BCUT2D eigenvalue weighted by atomic mass is 10.2. The van der Waals surface area contributed by atoms with Gasteiger partial charge in [-0.05, 0) is 20.8 Å². The lowest BCUT2D eigenvalue weighted by Gasteiger charge is -2.19. The van der Waals surface area contributed by atoms with Gasteiger partial charge in [0.25, 0.3) is 0 Å². The molecule has 92 valence electrons. The van der Waals surface area contributed by atoms with Crippen LogP contribution in [0.2, 0.25) is 0 Å². The van der Waals surface area contributed by atoms with E-state index in [-0.39, 0.29) is 12.5 Å². The number of aliphatic imine (C=N–C) groups is 1. The van der Waals surface area contributed by atoms with Crippen molar-refractivity contribution >= 4 is 18.2 Å². The predicted molar refractivity (Wildman–Crippen MR) is 62.3 cm³/mol. The summed E-state index contributed by atoms with van der Waals surface area (Å²) in [4.78, 5) is 14.9. The van der Waals surface area contributed by atoms with Crippen molar-refractivity contribution in [2.75, 3.05) is 20.2 Å². The van der Waals surface area contributed by atoms with Crippen molar-refractivity contribution in [1.29, 1.82) is 5.41 Å². The Bertz CT molecular complexity index is 269. The summed E-state index contributed by atoms with van der Waals surface area (Å²) in [5, 5.41) is 9.43. The van der Waals surface area contributed by atoms with Gasteiger partial charge in [-0.1, -0.05) is 0 Å². The van der Waals surface area contributed by atoms with E-state index in [1.807, 2.05) is 0 Å². The molecule has 0 aliphatic rings. The minimum absolute atomic E-state index is 0.228. The summed E-state index contributed by atoms with van der Waals surface area (Å²) in [6, 6.07) is 0. The Labute approximate surface area is 95.5 Å². The van der Waals surface area contributed by atoms with Crippen LogP contribution >= 0.6 is 0 Å². The largest absolute Gasteiger partial charge is 0.475 e. The third-order valence-corrected chi connectivity index (χ3v) is 1.36. The van der Waals surface area contributed by atoms with Crippen LogP contribution in [0.25, 0.3) is 0 Å². The minimum atomic E-state index is -0.504. The van der Waals surface area contributed by atoms with Gasteiger partial charge < -0.3 is 20.2 Å². The summed E-state index contributed by atoms with van der Waals surface area (Å²) in [7, 11) is 1.53. The van der Waals surface area contributed by atoms with E-state index in [9.17, 15) is 4.79 Å². The van der Waals surface area contributed by atoms with Crippen LogP contribution < -0.4 is 5.32 Å². The van der Waals surface area contributed by atoms with Gasteiger partial charge in [-0.2, -0.15) is 0 Å². The van der Waals surface area contributed by atoms with E-state index in [4.69, 9.17) is 14.9 Å². The van der Waals surface area contributed by atoms with E-state index in [1.54, 1.807) is 20.8 Å². The number of hydrogen-bond donors (Lipinski definition) is 2. The average Bonchev–Trinajstić information content (AvgIpc) is 2.15. The highest BCUT2D eigenvalue weighted by Crippen LogP contribution is 2.05. The average molecular weight is 229 g/mol. The van der Waals surface area contributed by atoms with E-state index in [1.165, 1.54) is 7.05 Å². The minimum Gasteiger partial charge on any atom is -0.475 e. The molecule has 0 bridgehead atoms. The second-order valence-electron chi connectivity index (χ2n) is 3.98. The van der Waals surface area contributed by atoms with Crippen LogP contribution in [-0.2, 0) is 9.47 Å². The fourth-order valence-electron chi connectivity index (χ4n) is 0.794. The van der Waals surface area contributed by atoms with Crippen LogP contribution in [0.4, 0.5) is 4.79 Å². The second kappa shape index (κ2) is 6.81. The fourth-order valence-corrected chi connectivity index (χ4v) is 0.794. The van der Waals surface area contributed by atoms with Crippen molar-refractivity contribution in [3.8, 4) is 0 Å². The van der Waals surface area contributed by atoms with E-state index in [0.717, 1.165) is 6.21 Å². The van der Waals surface area contributed by atoms with Crippen LogP contribution in [-0.4, -0.2) is 44.0 Å². The third kappa shape index (κ3) is 7.78. The number of carbonyl (C=O) groups is 1. The number of hydrogen-bond acceptors (Lipinski definition) is 5. The summed E-state index contributed by atoms with van der Waals surface area (Å²) >= 11 is 0. The highest BCUT2D eigenvalue weighted by molar-refractivity contribution is 6.24. The molecule has 0 heterocycles. The van der Waals surface area contributed by atoms with Crippen LogP contribution in [0.3, 0.4) is 0 Å². The van der Waals surface area contributed by atoms with Gasteiger partial charge in [-0.25, -0.2) is 4.79 Å². The van der Waals surface area contributed by atoms with Crippen molar-refractivity contribution in [3.05, 3.63) is 0 Å². The van der Waals surface area contributed by atoms with Gasteiger partial charge in [-0.3, -0.25) is 4.99 Å². The van der Waals surface area contributed by atoms with Gasteiger partial charge in [0.05, 0.1) is 12.8 Å². The molecule has 0 aliphatic heterocycles. The molecule has 6 nitrogen and oxygen atoms in total. The van der Waals surface area contributed by atoms with Gasteiger partial charge in [0.2, 0.25) is 5.90 Å². The molecule has 0 saturated heterocycles. The van der Waals surface area contributed by atoms with Crippen LogP contribution in [0.15, 0.2) is 4.99 Å². The molecule has 2 N–H and O–H groups in total. The maximum atomic E-state index is 11.2. The molecule has 0 fully saturated rings. The third-order valence-electron chi connectivity index (χ3n) is 1.36. The topological polar surface area (TPSA) is 83.8 Å². The van der Waals surface area contributed by atoms with Crippen molar-refractivity contribution < 1.29 is 14.3 Å². The molecule has 0 saturated carbocycles. The SMILES string of the molecule is CN=C(C=N)OCCNC(=O)OC(C)(C)C. The first-order chi connectivity index (χ1) is 7.39. The van der Waals surface area contributed by atoms with Crippen molar-refractivity contribution in [3.63, 3.8) is 0 Å². The first-order valence-corrected chi connectivity index (χ1v) is 4.96. The van der Waals surface area contributed by atoms with Crippen molar-refractivity contribution in [2.45, 2.75) is 26.4 Å². The maximum absolute atomic E-state index is 11.2. The Balaban J connectivity index is 3.67. The lowest BCUT2D eigenvalue weighted by Crippen LogP contribution is -2.34. The van der Waals surface area contributed by atoms with Gasteiger partial charge in [0.15, 0.2) is 0 Å². The first kappa shape index (κ1) is 14.4. The monoisotopic (exact) mass is 229 g/mol. The number of rotatable bonds is 4. The van der Waals surface area contributed by atoms with E-state index in [0.29, 0.717) is 6.54 Å². The van der Waals surface area contributed by atoms with Crippen LogP contribution in [0, 0.1) is 5.41 Å². The van der Waals surface area contributed by atoms with Gasteiger partial charge in [-0.15, -0.1) is 0 Å². The molecular weight excluding hydrogens is 210 g/mol. The molecule has 16 heavy (non-hydrogen) atoms. The molecule has 6 heteroatoms. The Morgan fingerprint density at radius 2 is 2.12 bits per heavy atom. The Hall–Kier alpha value is -1.59. The predicted octanol–water partition coefficient (Wildman–Crippen LogP) is 1.21. The number of nitrogens with zero attached hydrogens (tertiary/aromatic N) is 1. The Morgan fingerprint density at radius 3 is 2.56 bits per heavy atom. The number of carbonyl (C=O) groups excluding carboxylic acids is 1. The fraction of sp³-hybridized carbons (Fsp3) is 0.700. The molecule has 0 aromatic carbocycles. The summed E-state index contributed by atoms with van der Waals surface area (Å²) in [5.41, 5.74) is -0.504. The smallest absolute Gasteiger partial charge is 0.407 e. The van der Waals surface area contributed by atoms with Gasteiger partial charge in [0, 0.05) is 7.05 Å². The summed E-state index contributed by atoms with van der Waals surface area (Å²) < 4.78 is 10.1. The Morgan fingerprint density at radius 1 is 1.50 bits per heavy atom. The zero-order valence-corrected chi connectivity index (χ0v) is 10.2. The summed E-state index contributed by atoms with van der Waals surface area (Å²) in [5.74, 6) is 0.228. The molecule has 1 amide bonds. The zero-order valence-electron chi connectivity index (χ0n) is 10.2. The van der Waals surface area contributed by atoms with Crippen molar-refractivity contribution in [1.82, 2.24) is 5.32 Å². The molecule has 0 rings (SSSR count). The second-order valence-corrected chi connectivity index (χ2v) is 3.98. The highest BCUT2D eigenvalue weighted by Gasteiger charge is 2.15. The molecular formula is C10H19N3O3. The highest BCUT2D eigenvalue weighted by atomic mass is 16.6. The standard InChI is InChI=1S/C10H19N3O3/c1-10(2,3)16-9(14)13-5-6-15-8(7-11)12-4/h7,11H,5-6H2,1-4H3,(H,13,14). The molecule has 0 radical (unpaired) electrons. The lowest BCUT2D eigenvalue weighted by molar-refractivity contribution is 0.0519. The van der Waals surface area contributed by atoms with Crippen LogP contribution in [0.1, 0.15) is 20.8 Å². The number of alkyl carbamates (subject to hydrolysis) is 1. The molecule has 0 aromatic rings. The number of ether oxygens (including phenoxy) is 2. The first-order valence-electron chi connectivity index (χ1n) is 4.96. The van der Waals surface area contributed by atoms with E-state index in [2.05, 4.69) is 10.3 Å². The van der Waals surface area contributed by atoms with Crippen LogP contribution in [0.5, 0.6) is 0 Å². The molecule has 0 aliphatic carbocycles. The zero-order chi connectivity index (χ0) is 12.6. The summed E-state index contributed by atoms with van der Waals surface area (Å²) in [6.07, 6.45) is 0.522. The van der Waals surface area contributed by atoms with Crippen molar-refractivity contribution in [2.24, 2.45) is 4.99 Å². The molecule has 0 atom stereocenters. The normalized spacial score (nSPS) is 11.9. The number of amides is 1. The van der Waals surface area contributed by atoms with E-state index < -0.39 is 11.7 Å². The van der Waals surface area contributed by atoms with Gasteiger partial charge in [0.1, 0.15) is 12.2 Å². The molecule has 0 spiro atoms. The molecule has 0 aromatic heterocycles. The maximum Gasteiger partial charge on any atom is 0.407 e. The van der Waals surface area contributed by atoms with E-state index >= 15 is 0 Å². The summed E-state index contributed by atoms with van der Waals surface area (Å²) in [6.45, 7) is 5.93.